The molecule has 4 rings (SSSR count). The highest BCUT2D eigenvalue weighted by molar-refractivity contribution is 5.93. The van der Waals surface area contributed by atoms with Crippen LogP contribution in [-0.4, -0.2) is 27.5 Å². The third-order valence-corrected chi connectivity index (χ3v) is 4.02. The predicted molar refractivity (Wildman–Crippen MR) is 78.0 cm³/mol. The van der Waals surface area contributed by atoms with Gasteiger partial charge in [-0.3, -0.25) is 4.79 Å². The van der Waals surface area contributed by atoms with Gasteiger partial charge in [-0.25, -0.2) is 0 Å². The molecule has 1 N–H and O–H groups in total. The summed E-state index contributed by atoms with van der Waals surface area (Å²) >= 11 is 0. The lowest BCUT2D eigenvalue weighted by atomic mass is 10.0. The van der Waals surface area contributed by atoms with Gasteiger partial charge in [-0.15, -0.1) is 0 Å². The summed E-state index contributed by atoms with van der Waals surface area (Å²) in [6.45, 7) is 3.09. The molecule has 0 fully saturated rings. The van der Waals surface area contributed by atoms with Crippen LogP contribution in [0.2, 0.25) is 0 Å². The van der Waals surface area contributed by atoms with Gasteiger partial charge in [-0.2, -0.15) is 0 Å². The lowest BCUT2D eigenvalue weighted by Gasteiger charge is -2.26. The number of para-hydroxylation sites is 1. The maximum atomic E-state index is 12.4. The van der Waals surface area contributed by atoms with Gasteiger partial charge in [0.2, 0.25) is 0 Å². The summed E-state index contributed by atoms with van der Waals surface area (Å²) in [6.07, 6.45) is 0.863. The Bertz CT molecular complexity index is 831. The van der Waals surface area contributed by atoms with Crippen molar-refractivity contribution in [3.05, 3.63) is 53.0 Å². The third-order valence-electron chi connectivity index (χ3n) is 4.02. The van der Waals surface area contributed by atoms with E-state index >= 15 is 0 Å². The minimum atomic E-state index is -0.0730. The summed E-state index contributed by atoms with van der Waals surface area (Å²) in [5.41, 5.74) is 3.96. The van der Waals surface area contributed by atoms with Crippen molar-refractivity contribution >= 4 is 16.8 Å². The summed E-state index contributed by atoms with van der Waals surface area (Å²) < 4.78 is 4.99. The van der Waals surface area contributed by atoms with Gasteiger partial charge in [0.1, 0.15) is 5.76 Å². The number of H-pyrrole nitrogens is 1. The normalized spacial score (nSPS) is 14.4. The number of nitrogens with zero attached hydrogens (tertiary/aromatic N) is 2. The first-order valence-corrected chi connectivity index (χ1v) is 7.03. The fraction of sp³-hybridized carbons (Fsp3) is 0.250. The second kappa shape index (κ2) is 4.48. The SMILES string of the molecule is Cc1cc(C(=O)N2CCc3c([nH]c4ccccc34)C2)no1. The van der Waals surface area contributed by atoms with Crippen molar-refractivity contribution in [3.63, 3.8) is 0 Å². The topological polar surface area (TPSA) is 62.1 Å². The van der Waals surface area contributed by atoms with E-state index < -0.39 is 0 Å². The summed E-state index contributed by atoms with van der Waals surface area (Å²) in [5.74, 6) is 0.581. The van der Waals surface area contributed by atoms with Crippen molar-refractivity contribution in [2.75, 3.05) is 6.54 Å². The molecule has 5 heteroatoms. The number of aromatic nitrogens is 2. The number of fused-ring (bicyclic) bond motifs is 3. The molecule has 0 unspecified atom stereocenters. The molecule has 21 heavy (non-hydrogen) atoms. The zero-order valence-corrected chi connectivity index (χ0v) is 11.7. The molecule has 0 bridgehead atoms. The number of nitrogens with one attached hydrogen (secondary N) is 1. The Morgan fingerprint density at radius 2 is 2.24 bits per heavy atom. The van der Waals surface area contributed by atoms with Crippen LogP contribution >= 0.6 is 0 Å². The van der Waals surface area contributed by atoms with Crippen LogP contribution in [0.25, 0.3) is 10.9 Å². The van der Waals surface area contributed by atoms with Crippen LogP contribution in [0.3, 0.4) is 0 Å². The Morgan fingerprint density at radius 1 is 1.38 bits per heavy atom. The Labute approximate surface area is 121 Å². The van der Waals surface area contributed by atoms with Crippen LogP contribution in [0.15, 0.2) is 34.9 Å². The van der Waals surface area contributed by atoms with Crippen LogP contribution in [0, 0.1) is 6.92 Å². The summed E-state index contributed by atoms with van der Waals surface area (Å²) in [4.78, 5) is 17.7. The molecule has 3 aromatic rings. The highest BCUT2D eigenvalue weighted by Crippen LogP contribution is 2.27. The van der Waals surface area contributed by atoms with Gasteiger partial charge in [-0.05, 0) is 25.0 Å². The number of aromatic amines is 1. The van der Waals surface area contributed by atoms with Gasteiger partial charge in [0, 0.05) is 29.2 Å². The average molecular weight is 281 g/mol. The van der Waals surface area contributed by atoms with Crippen LogP contribution < -0.4 is 0 Å². The largest absolute Gasteiger partial charge is 0.361 e. The number of amides is 1. The molecule has 5 nitrogen and oxygen atoms in total. The number of rotatable bonds is 1. The van der Waals surface area contributed by atoms with E-state index in [0.717, 1.165) is 17.6 Å². The monoisotopic (exact) mass is 281 g/mol. The Morgan fingerprint density at radius 3 is 3.05 bits per heavy atom. The van der Waals surface area contributed by atoms with E-state index in [1.807, 2.05) is 17.0 Å². The molecule has 3 heterocycles. The maximum Gasteiger partial charge on any atom is 0.276 e. The van der Waals surface area contributed by atoms with E-state index in [0.29, 0.717) is 24.5 Å². The minimum absolute atomic E-state index is 0.0730. The van der Waals surface area contributed by atoms with Crippen molar-refractivity contribution in [2.45, 2.75) is 19.9 Å². The smallest absolute Gasteiger partial charge is 0.276 e. The molecule has 106 valence electrons. The van der Waals surface area contributed by atoms with Gasteiger partial charge in [0.05, 0.1) is 6.54 Å². The van der Waals surface area contributed by atoms with Crippen molar-refractivity contribution < 1.29 is 9.32 Å². The Kier molecular flexibility index (Phi) is 2.60. The van der Waals surface area contributed by atoms with Gasteiger partial charge in [-0.1, -0.05) is 23.4 Å². The van der Waals surface area contributed by atoms with Crippen molar-refractivity contribution in [2.24, 2.45) is 0 Å². The molecule has 0 saturated heterocycles. The number of carbonyl (C=O) groups is 1. The third kappa shape index (κ3) is 1.93. The molecule has 0 atom stereocenters. The number of aryl methyl sites for hydroxylation is 1. The van der Waals surface area contributed by atoms with Gasteiger partial charge in [0.15, 0.2) is 5.69 Å². The van der Waals surface area contributed by atoms with Gasteiger partial charge < -0.3 is 14.4 Å². The molecule has 0 spiro atoms. The molecule has 1 aromatic carbocycles. The second-order valence-electron chi connectivity index (χ2n) is 5.43. The predicted octanol–water partition coefficient (Wildman–Crippen LogP) is 2.66. The van der Waals surface area contributed by atoms with Crippen molar-refractivity contribution in [1.82, 2.24) is 15.0 Å². The molecular weight excluding hydrogens is 266 g/mol. The molecule has 2 aromatic heterocycles. The Hall–Kier alpha value is -2.56. The summed E-state index contributed by atoms with van der Waals surface area (Å²) in [7, 11) is 0. The molecule has 1 aliphatic rings. The van der Waals surface area contributed by atoms with Gasteiger partial charge >= 0.3 is 0 Å². The first kappa shape index (κ1) is 12.2. The maximum absolute atomic E-state index is 12.4. The number of benzene rings is 1. The molecular formula is C16H15N3O2. The van der Waals surface area contributed by atoms with E-state index in [4.69, 9.17) is 4.52 Å². The lowest BCUT2D eigenvalue weighted by Crippen LogP contribution is -2.36. The highest BCUT2D eigenvalue weighted by atomic mass is 16.5. The molecule has 0 aliphatic carbocycles. The van der Waals surface area contributed by atoms with E-state index in [2.05, 4.69) is 22.3 Å². The molecule has 0 saturated carbocycles. The van der Waals surface area contributed by atoms with E-state index in [9.17, 15) is 4.79 Å². The minimum Gasteiger partial charge on any atom is -0.361 e. The fourth-order valence-corrected chi connectivity index (χ4v) is 3.00. The summed E-state index contributed by atoms with van der Waals surface area (Å²) in [6, 6.07) is 9.95. The van der Waals surface area contributed by atoms with Crippen molar-refractivity contribution in [3.8, 4) is 0 Å². The first-order valence-electron chi connectivity index (χ1n) is 7.03. The zero-order chi connectivity index (χ0) is 14.4. The standard InChI is InChI=1S/C16H15N3O2/c1-10-8-14(18-21-10)16(20)19-7-6-12-11-4-2-3-5-13(11)17-15(12)9-19/h2-5,8,17H,6-7,9H2,1H3. The molecule has 1 aliphatic heterocycles. The fourth-order valence-electron chi connectivity index (χ4n) is 3.00. The number of hydrogen-bond donors (Lipinski definition) is 1. The van der Waals surface area contributed by atoms with E-state index in [1.165, 1.54) is 10.9 Å². The quantitative estimate of drug-likeness (QED) is 0.746. The summed E-state index contributed by atoms with van der Waals surface area (Å²) in [5, 5.41) is 5.07. The molecule has 0 radical (unpaired) electrons. The van der Waals surface area contributed by atoms with Gasteiger partial charge in [0.25, 0.3) is 5.91 Å². The average Bonchev–Trinajstić information content (AvgIpc) is 3.09. The zero-order valence-electron chi connectivity index (χ0n) is 11.7. The van der Waals surface area contributed by atoms with Crippen LogP contribution in [0.5, 0.6) is 0 Å². The van der Waals surface area contributed by atoms with Crippen LogP contribution in [-0.2, 0) is 13.0 Å². The first-order chi connectivity index (χ1) is 10.2. The van der Waals surface area contributed by atoms with E-state index in [1.54, 1.807) is 13.0 Å². The molecule has 1 amide bonds. The van der Waals surface area contributed by atoms with Crippen LogP contribution in [0.4, 0.5) is 0 Å². The second-order valence-corrected chi connectivity index (χ2v) is 5.43. The van der Waals surface area contributed by atoms with E-state index in [-0.39, 0.29) is 5.91 Å². The lowest BCUT2D eigenvalue weighted by molar-refractivity contribution is 0.0722. The van der Waals surface area contributed by atoms with Crippen LogP contribution in [0.1, 0.15) is 27.5 Å². The van der Waals surface area contributed by atoms with Crippen molar-refractivity contribution in [1.29, 1.82) is 0 Å². The highest BCUT2D eigenvalue weighted by Gasteiger charge is 2.26. The Balaban J connectivity index is 1.66. The number of hydrogen-bond acceptors (Lipinski definition) is 3. The number of carbonyl (C=O) groups excluding carboxylic acids is 1.